The SMILES string of the molecule is CCOC(=O)C1=NN(c2ccccc2)/C(=C/c2ccc(OCC)cc2)[Se]1. The zero-order chi connectivity index (χ0) is 18.4. The summed E-state index contributed by atoms with van der Waals surface area (Å²) in [5.41, 5.74) is 1.96. The van der Waals surface area contributed by atoms with Gasteiger partial charge in [-0.15, -0.1) is 0 Å². The number of esters is 1. The van der Waals surface area contributed by atoms with Crippen LogP contribution in [0.1, 0.15) is 19.4 Å². The van der Waals surface area contributed by atoms with Crippen molar-refractivity contribution in [2.45, 2.75) is 13.8 Å². The average molecular weight is 415 g/mol. The molecule has 0 amide bonds. The molecule has 3 rings (SSSR count). The fourth-order valence-electron chi connectivity index (χ4n) is 2.39. The van der Waals surface area contributed by atoms with Crippen LogP contribution in [0.15, 0.2) is 64.3 Å². The topological polar surface area (TPSA) is 51.1 Å². The second-order valence-corrected chi connectivity index (χ2v) is 7.48. The fourth-order valence-corrected chi connectivity index (χ4v) is 4.26. The molecule has 0 saturated heterocycles. The maximum atomic E-state index is 12.1. The fraction of sp³-hybridized carbons (Fsp3) is 0.200. The van der Waals surface area contributed by atoms with Crippen LogP contribution in [0.5, 0.6) is 5.75 Å². The number of hydrogen-bond acceptors (Lipinski definition) is 5. The van der Waals surface area contributed by atoms with Crippen molar-refractivity contribution in [2.24, 2.45) is 5.10 Å². The number of nitrogens with zero attached hydrogens (tertiary/aromatic N) is 2. The van der Waals surface area contributed by atoms with Gasteiger partial charge < -0.3 is 0 Å². The van der Waals surface area contributed by atoms with Gasteiger partial charge in [-0.3, -0.25) is 0 Å². The van der Waals surface area contributed by atoms with Crippen LogP contribution >= 0.6 is 0 Å². The molecular formula is C20H20N2O3Se. The Morgan fingerprint density at radius 2 is 1.81 bits per heavy atom. The van der Waals surface area contributed by atoms with Gasteiger partial charge >= 0.3 is 159 Å². The van der Waals surface area contributed by atoms with E-state index in [0.717, 1.165) is 21.6 Å². The first-order valence-corrected chi connectivity index (χ1v) is 10.2. The number of para-hydroxylation sites is 1. The van der Waals surface area contributed by atoms with Gasteiger partial charge in [-0.05, 0) is 0 Å². The number of hydrazone groups is 1. The van der Waals surface area contributed by atoms with Crippen LogP contribution in [0, 0.1) is 0 Å². The van der Waals surface area contributed by atoms with E-state index >= 15 is 0 Å². The molecule has 0 atom stereocenters. The van der Waals surface area contributed by atoms with E-state index in [1.54, 1.807) is 6.92 Å². The molecule has 0 bridgehead atoms. The molecule has 0 aromatic heterocycles. The van der Waals surface area contributed by atoms with Gasteiger partial charge in [0.05, 0.1) is 0 Å². The Hall–Kier alpha value is -2.56. The van der Waals surface area contributed by atoms with Gasteiger partial charge in [0, 0.05) is 0 Å². The second kappa shape index (κ2) is 8.70. The maximum absolute atomic E-state index is 12.1. The van der Waals surface area contributed by atoms with Crippen molar-refractivity contribution < 1.29 is 14.3 Å². The molecule has 1 aliphatic rings. The van der Waals surface area contributed by atoms with E-state index in [1.807, 2.05) is 66.5 Å². The van der Waals surface area contributed by atoms with E-state index in [0.29, 0.717) is 17.8 Å². The molecule has 6 heteroatoms. The van der Waals surface area contributed by atoms with E-state index in [9.17, 15) is 4.79 Å². The van der Waals surface area contributed by atoms with Crippen LogP contribution in [-0.2, 0) is 9.53 Å². The van der Waals surface area contributed by atoms with Crippen LogP contribution in [0.3, 0.4) is 0 Å². The Labute approximate surface area is 159 Å². The summed E-state index contributed by atoms with van der Waals surface area (Å²) in [6.45, 7) is 4.74. The third-order valence-corrected chi connectivity index (χ3v) is 5.51. The molecule has 2 aromatic carbocycles. The van der Waals surface area contributed by atoms with Crippen molar-refractivity contribution in [1.82, 2.24) is 0 Å². The van der Waals surface area contributed by atoms with Crippen LogP contribution < -0.4 is 9.75 Å². The van der Waals surface area contributed by atoms with Crippen molar-refractivity contribution in [3.63, 3.8) is 0 Å². The minimum absolute atomic E-state index is 0.222. The van der Waals surface area contributed by atoms with E-state index in [4.69, 9.17) is 9.47 Å². The van der Waals surface area contributed by atoms with E-state index in [-0.39, 0.29) is 20.9 Å². The van der Waals surface area contributed by atoms with Crippen molar-refractivity contribution in [2.75, 3.05) is 18.2 Å². The first kappa shape index (κ1) is 18.2. The van der Waals surface area contributed by atoms with Crippen molar-refractivity contribution in [3.05, 3.63) is 64.8 Å². The van der Waals surface area contributed by atoms with Crippen LogP contribution in [0.25, 0.3) is 6.08 Å². The van der Waals surface area contributed by atoms with Gasteiger partial charge in [0.15, 0.2) is 0 Å². The molecule has 134 valence electrons. The first-order valence-electron chi connectivity index (χ1n) is 8.44. The second-order valence-electron chi connectivity index (χ2n) is 5.36. The normalized spacial score (nSPS) is 15.1. The number of anilines is 1. The standard InChI is InChI=1S/C20H20N2O3Se/c1-3-24-17-12-10-15(11-13-17)14-18-22(16-8-6-5-7-9-16)21-19(26-18)20(23)25-4-2/h5-14H,3-4H2,1-2H3/b18-14-. The van der Waals surface area contributed by atoms with Gasteiger partial charge in [0.2, 0.25) is 0 Å². The summed E-state index contributed by atoms with van der Waals surface area (Å²) in [5.74, 6) is 0.499. The molecule has 0 N–H and O–H groups in total. The summed E-state index contributed by atoms with van der Waals surface area (Å²) in [7, 11) is 0. The zero-order valence-corrected chi connectivity index (χ0v) is 16.4. The molecule has 0 fully saturated rings. The predicted octanol–water partition coefficient (Wildman–Crippen LogP) is 3.48. The molecule has 0 aliphatic carbocycles. The third-order valence-electron chi connectivity index (χ3n) is 3.53. The van der Waals surface area contributed by atoms with Crippen molar-refractivity contribution >= 4 is 37.3 Å². The molecule has 0 spiro atoms. The number of rotatable bonds is 6. The van der Waals surface area contributed by atoms with Gasteiger partial charge in [0.25, 0.3) is 0 Å². The monoisotopic (exact) mass is 416 g/mol. The number of hydrogen-bond donors (Lipinski definition) is 0. The van der Waals surface area contributed by atoms with Crippen LogP contribution in [-0.4, -0.2) is 38.7 Å². The Balaban J connectivity index is 1.89. The van der Waals surface area contributed by atoms with E-state index in [2.05, 4.69) is 11.2 Å². The molecule has 1 aliphatic heterocycles. The Morgan fingerprint density at radius 3 is 2.46 bits per heavy atom. The molecule has 5 nitrogen and oxygen atoms in total. The molecule has 26 heavy (non-hydrogen) atoms. The van der Waals surface area contributed by atoms with Crippen LogP contribution in [0.2, 0.25) is 0 Å². The van der Waals surface area contributed by atoms with Crippen molar-refractivity contribution in [1.29, 1.82) is 0 Å². The summed E-state index contributed by atoms with van der Waals surface area (Å²) in [6.07, 6.45) is 2.05. The Bertz CT molecular complexity index is 817. The molecule has 0 saturated carbocycles. The zero-order valence-electron chi connectivity index (χ0n) is 14.7. The summed E-state index contributed by atoms with van der Waals surface area (Å²) < 4.78 is 12.1. The van der Waals surface area contributed by atoms with Gasteiger partial charge in [-0.1, -0.05) is 0 Å². The molecule has 2 aromatic rings. The van der Waals surface area contributed by atoms with E-state index < -0.39 is 0 Å². The summed E-state index contributed by atoms with van der Waals surface area (Å²) in [4.78, 5) is 12.1. The van der Waals surface area contributed by atoms with Gasteiger partial charge in [-0.2, -0.15) is 0 Å². The van der Waals surface area contributed by atoms with Gasteiger partial charge in [0.1, 0.15) is 0 Å². The molecular weight excluding hydrogens is 395 g/mol. The molecule has 0 unspecified atom stereocenters. The number of carbonyl (C=O) groups excluding carboxylic acids is 1. The first-order chi connectivity index (χ1) is 12.7. The predicted molar refractivity (Wildman–Crippen MR) is 104 cm³/mol. The Morgan fingerprint density at radius 1 is 1.08 bits per heavy atom. The number of carbonyl (C=O) groups is 1. The van der Waals surface area contributed by atoms with Crippen molar-refractivity contribution in [3.8, 4) is 5.75 Å². The summed E-state index contributed by atoms with van der Waals surface area (Å²) in [5, 5.41) is 6.33. The molecule has 1 heterocycles. The van der Waals surface area contributed by atoms with Crippen LogP contribution in [0.4, 0.5) is 5.69 Å². The number of ether oxygens (including phenoxy) is 2. The average Bonchev–Trinajstić information content (AvgIpc) is 3.08. The van der Waals surface area contributed by atoms with Gasteiger partial charge in [-0.25, -0.2) is 0 Å². The minimum atomic E-state index is -0.344. The summed E-state index contributed by atoms with van der Waals surface area (Å²) >= 11 is -0.222. The van der Waals surface area contributed by atoms with E-state index in [1.165, 1.54) is 0 Å². The molecule has 0 radical (unpaired) electrons. The summed E-state index contributed by atoms with van der Waals surface area (Å²) in [6, 6.07) is 17.7. The quantitative estimate of drug-likeness (QED) is 0.536. The Kier molecular flexibility index (Phi) is 6.10. The third kappa shape index (κ3) is 4.34. The number of benzene rings is 2.